The van der Waals surface area contributed by atoms with Crippen molar-refractivity contribution in [3.63, 3.8) is 0 Å². The summed E-state index contributed by atoms with van der Waals surface area (Å²) in [6, 6.07) is 2.21. The highest BCUT2D eigenvalue weighted by molar-refractivity contribution is 5.82. The Morgan fingerprint density at radius 2 is 1.79 bits per heavy atom. The van der Waals surface area contributed by atoms with Crippen LogP contribution in [-0.2, 0) is 16.4 Å². The molecule has 2 nitrogen and oxygen atoms in total. The second-order valence-corrected chi connectivity index (χ2v) is 4.78. The molecule has 1 saturated carbocycles. The first-order valence-electron chi connectivity index (χ1n) is 5.88. The number of hydrogen-bond acceptors (Lipinski definition) is 1. The molecule has 1 fully saturated rings. The first kappa shape index (κ1) is 13.8. The highest BCUT2D eigenvalue weighted by Gasteiger charge is 2.48. The Morgan fingerprint density at radius 1 is 1.21 bits per heavy atom. The SMILES string of the molecule is O=C(O)C1(c2ccc(F)cc2C(F)(F)F)CCCC1. The fourth-order valence-electron chi connectivity index (χ4n) is 2.75. The molecule has 0 atom stereocenters. The number of benzene rings is 1. The number of halogens is 4. The van der Waals surface area contributed by atoms with Crippen molar-refractivity contribution >= 4 is 5.97 Å². The van der Waals surface area contributed by atoms with Gasteiger partial charge in [0.15, 0.2) is 0 Å². The highest BCUT2D eigenvalue weighted by Crippen LogP contribution is 2.46. The molecule has 1 aromatic carbocycles. The van der Waals surface area contributed by atoms with Crippen LogP contribution in [0.5, 0.6) is 0 Å². The van der Waals surface area contributed by atoms with E-state index in [-0.39, 0.29) is 18.4 Å². The van der Waals surface area contributed by atoms with Gasteiger partial charge in [0, 0.05) is 0 Å². The predicted molar refractivity (Wildman–Crippen MR) is 59.2 cm³/mol. The molecule has 0 heterocycles. The van der Waals surface area contributed by atoms with Crippen molar-refractivity contribution in [1.29, 1.82) is 0 Å². The van der Waals surface area contributed by atoms with E-state index in [4.69, 9.17) is 0 Å². The van der Waals surface area contributed by atoms with Crippen LogP contribution in [0.15, 0.2) is 18.2 Å². The maximum Gasteiger partial charge on any atom is 0.416 e. The summed E-state index contributed by atoms with van der Waals surface area (Å²) in [5.74, 6) is -2.29. The molecule has 0 amide bonds. The standard InChI is InChI=1S/C13H12F4O2/c14-8-3-4-9(10(7-8)13(15,16)17)12(11(18)19)5-1-2-6-12/h3-4,7H,1-2,5-6H2,(H,18,19). The molecule has 0 bridgehead atoms. The molecular weight excluding hydrogens is 264 g/mol. The average molecular weight is 276 g/mol. The molecule has 0 saturated heterocycles. The summed E-state index contributed by atoms with van der Waals surface area (Å²) >= 11 is 0. The second-order valence-electron chi connectivity index (χ2n) is 4.78. The lowest BCUT2D eigenvalue weighted by atomic mass is 9.76. The molecule has 0 spiro atoms. The third kappa shape index (κ3) is 2.31. The maximum atomic E-state index is 13.0. The van der Waals surface area contributed by atoms with E-state index in [1.165, 1.54) is 0 Å². The number of aliphatic carboxylic acids is 1. The first-order chi connectivity index (χ1) is 8.77. The summed E-state index contributed by atoms with van der Waals surface area (Å²) in [5, 5.41) is 9.32. The lowest BCUT2D eigenvalue weighted by Crippen LogP contribution is -2.35. The van der Waals surface area contributed by atoms with Gasteiger partial charge in [0.2, 0.25) is 0 Å². The van der Waals surface area contributed by atoms with Crippen molar-refractivity contribution in [1.82, 2.24) is 0 Å². The van der Waals surface area contributed by atoms with Crippen molar-refractivity contribution in [2.75, 3.05) is 0 Å². The van der Waals surface area contributed by atoms with Crippen LogP contribution in [0.25, 0.3) is 0 Å². The molecule has 1 aromatic rings. The molecule has 6 heteroatoms. The Balaban J connectivity index is 2.64. The predicted octanol–water partition coefficient (Wildman–Crippen LogP) is 3.74. The minimum absolute atomic E-state index is 0.150. The number of carbonyl (C=O) groups is 1. The molecule has 2 rings (SSSR count). The van der Waals surface area contributed by atoms with Gasteiger partial charge >= 0.3 is 12.1 Å². The van der Waals surface area contributed by atoms with E-state index in [1.54, 1.807) is 0 Å². The van der Waals surface area contributed by atoms with Gasteiger partial charge < -0.3 is 5.11 Å². The molecule has 1 aliphatic rings. The van der Waals surface area contributed by atoms with E-state index in [0.29, 0.717) is 18.9 Å². The van der Waals surface area contributed by atoms with Crippen LogP contribution >= 0.6 is 0 Å². The molecule has 1 N–H and O–H groups in total. The fraction of sp³-hybridized carbons (Fsp3) is 0.462. The maximum absolute atomic E-state index is 13.0. The minimum Gasteiger partial charge on any atom is -0.481 e. The summed E-state index contributed by atoms with van der Waals surface area (Å²) in [4.78, 5) is 11.4. The molecule has 104 valence electrons. The van der Waals surface area contributed by atoms with Gasteiger partial charge in [0.05, 0.1) is 11.0 Å². The summed E-state index contributed by atoms with van der Waals surface area (Å²) in [7, 11) is 0. The van der Waals surface area contributed by atoms with E-state index < -0.39 is 28.9 Å². The fourth-order valence-corrected chi connectivity index (χ4v) is 2.75. The van der Waals surface area contributed by atoms with Gasteiger partial charge in [0.25, 0.3) is 0 Å². The lowest BCUT2D eigenvalue weighted by Gasteiger charge is -2.27. The van der Waals surface area contributed by atoms with E-state index in [9.17, 15) is 27.5 Å². The van der Waals surface area contributed by atoms with Gasteiger partial charge in [0.1, 0.15) is 5.82 Å². The number of alkyl halides is 3. The quantitative estimate of drug-likeness (QED) is 0.835. The first-order valence-corrected chi connectivity index (χ1v) is 5.88. The van der Waals surface area contributed by atoms with Crippen LogP contribution in [0.2, 0.25) is 0 Å². The van der Waals surface area contributed by atoms with Crippen molar-refractivity contribution < 1.29 is 27.5 Å². The number of carboxylic acids is 1. The zero-order valence-corrected chi connectivity index (χ0v) is 9.93. The van der Waals surface area contributed by atoms with Crippen molar-refractivity contribution in [2.45, 2.75) is 37.3 Å². The van der Waals surface area contributed by atoms with Gasteiger partial charge in [-0.2, -0.15) is 13.2 Å². The van der Waals surface area contributed by atoms with Gasteiger partial charge in [-0.05, 0) is 30.5 Å². The summed E-state index contributed by atoms with van der Waals surface area (Å²) < 4.78 is 51.9. The average Bonchev–Trinajstić information content (AvgIpc) is 2.78. The van der Waals surface area contributed by atoms with Crippen LogP contribution in [0, 0.1) is 5.82 Å². The van der Waals surface area contributed by atoms with Gasteiger partial charge in [-0.3, -0.25) is 4.79 Å². The summed E-state index contributed by atoms with van der Waals surface area (Å²) in [6.07, 6.45) is -3.35. The number of carboxylic acid groups (broad SMARTS) is 1. The molecule has 0 radical (unpaired) electrons. The van der Waals surface area contributed by atoms with Crippen molar-refractivity contribution in [3.8, 4) is 0 Å². The summed E-state index contributed by atoms with van der Waals surface area (Å²) in [6.45, 7) is 0. The monoisotopic (exact) mass is 276 g/mol. The van der Waals surface area contributed by atoms with E-state index in [0.717, 1.165) is 12.1 Å². The Morgan fingerprint density at radius 3 is 2.26 bits per heavy atom. The van der Waals surface area contributed by atoms with Crippen LogP contribution in [0.4, 0.5) is 17.6 Å². The number of hydrogen-bond donors (Lipinski definition) is 1. The molecule has 19 heavy (non-hydrogen) atoms. The van der Waals surface area contributed by atoms with Gasteiger partial charge in [-0.25, -0.2) is 4.39 Å². The number of rotatable bonds is 2. The van der Waals surface area contributed by atoms with Crippen molar-refractivity contribution in [3.05, 3.63) is 35.1 Å². The largest absolute Gasteiger partial charge is 0.481 e. The third-order valence-corrected chi connectivity index (χ3v) is 3.67. The minimum atomic E-state index is -4.76. The Labute approximate surface area is 107 Å². The normalized spacial score (nSPS) is 18.5. The van der Waals surface area contributed by atoms with E-state index in [2.05, 4.69) is 0 Å². The van der Waals surface area contributed by atoms with Crippen molar-refractivity contribution in [2.24, 2.45) is 0 Å². The lowest BCUT2D eigenvalue weighted by molar-refractivity contribution is -0.146. The molecular formula is C13H12F4O2. The van der Waals surface area contributed by atoms with Crippen LogP contribution in [-0.4, -0.2) is 11.1 Å². The topological polar surface area (TPSA) is 37.3 Å². The third-order valence-electron chi connectivity index (χ3n) is 3.67. The van der Waals surface area contributed by atoms with Crippen LogP contribution in [0.1, 0.15) is 36.8 Å². The Bertz CT molecular complexity index is 502. The molecule has 0 aliphatic heterocycles. The van der Waals surface area contributed by atoms with E-state index >= 15 is 0 Å². The molecule has 0 unspecified atom stereocenters. The molecule has 0 aromatic heterocycles. The zero-order chi connectivity index (χ0) is 14.3. The Kier molecular flexibility index (Phi) is 3.28. The molecule has 1 aliphatic carbocycles. The van der Waals surface area contributed by atoms with Gasteiger partial charge in [-0.1, -0.05) is 18.9 Å². The summed E-state index contributed by atoms with van der Waals surface area (Å²) in [5.41, 5.74) is -3.05. The highest BCUT2D eigenvalue weighted by atomic mass is 19.4. The second kappa shape index (κ2) is 4.51. The van der Waals surface area contributed by atoms with Crippen LogP contribution in [0.3, 0.4) is 0 Å². The van der Waals surface area contributed by atoms with Gasteiger partial charge in [-0.15, -0.1) is 0 Å². The Hall–Kier alpha value is -1.59. The smallest absolute Gasteiger partial charge is 0.416 e. The van der Waals surface area contributed by atoms with Crippen LogP contribution < -0.4 is 0 Å². The van der Waals surface area contributed by atoms with E-state index in [1.807, 2.05) is 0 Å². The zero-order valence-electron chi connectivity index (χ0n) is 9.93.